The van der Waals surface area contributed by atoms with Gasteiger partial charge in [-0.15, -0.1) is 0 Å². The average molecular weight is 322 g/mol. The van der Waals surface area contributed by atoms with Crippen LogP contribution in [0, 0.1) is 0 Å². The molecule has 1 fully saturated rings. The highest BCUT2D eigenvalue weighted by atomic mass is 16.7. The molecular weight excluding hydrogens is 304 g/mol. The minimum atomic E-state index is -3.14. The molecule has 2 aromatic rings. The Bertz CT molecular complexity index is 711. The van der Waals surface area contributed by atoms with Crippen LogP contribution in [0.4, 0.5) is 0 Å². The van der Waals surface area contributed by atoms with E-state index in [4.69, 9.17) is 9.84 Å². The Balaban J connectivity index is 2.23. The van der Waals surface area contributed by atoms with Gasteiger partial charge in [0.05, 0.1) is 6.61 Å². The third-order valence-corrected chi connectivity index (χ3v) is 4.37. The summed E-state index contributed by atoms with van der Waals surface area (Å²) in [6.45, 7) is -0.757. The van der Waals surface area contributed by atoms with Crippen molar-refractivity contribution in [2.24, 2.45) is 0 Å². The number of aliphatic hydroxyl groups excluding tert-OH is 3. The van der Waals surface area contributed by atoms with Crippen LogP contribution in [0.3, 0.4) is 0 Å². The highest BCUT2D eigenvalue weighted by molar-refractivity contribution is 5.86. The zero-order chi connectivity index (χ0) is 16.8. The van der Waals surface area contributed by atoms with E-state index in [0.29, 0.717) is 10.8 Å². The van der Waals surface area contributed by atoms with Gasteiger partial charge in [0, 0.05) is 5.56 Å². The van der Waals surface area contributed by atoms with E-state index in [1.165, 1.54) is 6.07 Å². The first-order valence-corrected chi connectivity index (χ1v) is 7.12. The topological polar surface area (TPSA) is 131 Å². The van der Waals surface area contributed by atoms with Crippen molar-refractivity contribution in [3.05, 3.63) is 48.0 Å². The van der Waals surface area contributed by atoms with Crippen molar-refractivity contribution in [2.75, 3.05) is 6.61 Å². The molecule has 7 heteroatoms. The molecule has 1 aliphatic rings. The van der Waals surface area contributed by atoms with Gasteiger partial charge in [0.2, 0.25) is 5.79 Å². The Morgan fingerprint density at radius 2 is 1.61 bits per heavy atom. The molecule has 1 saturated heterocycles. The molecule has 4 atom stereocenters. The van der Waals surface area contributed by atoms with Gasteiger partial charge >= 0.3 is 0 Å². The third-order valence-electron chi connectivity index (χ3n) is 4.37. The standard InChI is InChI=1S/C16H18O7/c17-8-12-13(18)16(21,22)15(20,14(19)23-12)11-7-3-5-9-4-1-2-6-10(9)11/h1-7,12-14,17-22H,8H2/t12-,13-,14+,15+/m1/s1. The molecular formula is C16H18O7. The average Bonchev–Trinajstić information content (AvgIpc) is 2.56. The van der Waals surface area contributed by atoms with E-state index in [0.717, 1.165) is 0 Å². The molecule has 3 rings (SSSR count). The van der Waals surface area contributed by atoms with Crippen molar-refractivity contribution in [3.8, 4) is 0 Å². The monoisotopic (exact) mass is 322 g/mol. The van der Waals surface area contributed by atoms with Gasteiger partial charge in [0.25, 0.3) is 0 Å². The van der Waals surface area contributed by atoms with Crippen LogP contribution >= 0.6 is 0 Å². The van der Waals surface area contributed by atoms with Crippen LogP contribution in [0.1, 0.15) is 5.56 Å². The molecule has 0 unspecified atom stereocenters. The second-order valence-corrected chi connectivity index (χ2v) is 5.67. The fourth-order valence-electron chi connectivity index (χ4n) is 3.04. The summed E-state index contributed by atoms with van der Waals surface area (Å²) in [7, 11) is 0. The fourth-order valence-corrected chi connectivity index (χ4v) is 3.04. The van der Waals surface area contributed by atoms with Crippen LogP contribution in [0.2, 0.25) is 0 Å². The maximum absolute atomic E-state index is 10.9. The number of fused-ring (bicyclic) bond motifs is 1. The highest BCUT2D eigenvalue weighted by Gasteiger charge is 2.65. The molecule has 23 heavy (non-hydrogen) atoms. The second-order valence-electron chi connectivity index (χ2n) is 5.67. The summed E-state index contributed by atoms with van der Waals surface area (Å²) in [4.78, 5) is 0. The number of aliphatic hydroxyl groups is 6. The molecule has 0 bridgehead atoms. The molecule has 0 amide bonds. The zero-order valence-corrected chi connectivity index (χ0v) is 12.1. The summed E-state index contributed by atoms with van der Waals surface area (Å²) < 4.78 is 4.99. The van der Waals surface area contributed by atoms with Crippen molar-refractivity contribution < 1.29 is 35.4 Å². The first-order valence-electron chi connectivity index (χ1n) is 7.12. The Labute approximate surface area is 131 Å². The molecule has 2 aromatic carbocycles. The van der Waals surface area contributed by atoms with E-state index in [1.54, 1.807) is 36.4 Å². The fraction of sp³-hybridized carbons (Fsp3) is 0.375. The van der Waals surface area contributed by atoms with E-state index < -0.39 is 36.5 Å². The summed E-state index contributed by atoms with van der Waals surface area (Å²) in [5, 5.41) is 62.1. The van der Waals surface area contributed by atoms with Gasteiger partial charge in [-0.2, -0.15) is 0 Å². The minimum Gasteiger partial charge on any atom is -0.394 e. The van der Waals surface area contributed by atoms with Crippen molar-refractivity contribution in [3.63, 3.8) is 0 Å². The summed E-state index contributed by atoms with van der Waals surface area (Å²) in [5.74, 6) is -3.14. The van der Waals surface area contributed by atoms with E-state index >= 15 is 0 Å². The quantitative estimate of drug-likeness (QED) is 0.382. The SMILES string of the molecule is OC[C@H]1O[C@H](O)[C@@](O)(c2cccc3ccccc23)C(O)(O)[C@@H]1O. The zero-order valence-electron chi connectivity index (χ0n) is 12.1. The number of ether oxygens (including phenoxy) is 1. The summed E-state index contributed by atoms with van der Waals surface area (Å²) in [6.07, 6.45) is -5.54. The van der Waals surface area contributed by atoms with Crippen molar-refractivity contribution in [1.29, 1.82) is 0 Å². The van der Waals surface area contributed by atoms with Crippen LogP contribution in [0.5, 0.6) is 0 Å². The summed E-state index contributed by atoms with van der Waals surface area (Å²) in [5.41, 5.74) is -2.72. The lowest BCUT2D eigenvalue weighted by molar-refractivity contribution is -0.428. The first kappa shape index (κ1) is 16.3. The van der Waals surface area contributed by atoms with Crippen LogP contribution < -0.4 is 0 Å². The Morgan fingerprint density at radius 3 is 2.30 bits per heavy atom. The summed E-state index contributed by atoms with van der Waals surface area (Å²) in [6, 6.07) is 11.6. The minimum absolute atomic E-state index is 0.0106. The lowest BCUT2D eigenvalue weighted by atomic mass is 9.76. The molecule has 1 aliphatic heterocycles. The third kappa shape index (κ3) is 2.18. The molecule has 0 saturated carbocycles. The number of rotatable bonds is 2. The van der Waals surface area contributed by atoms with Crippen LogP contribution in [-0.2, 0) is 10.3 Å². The van der Waals surface area contributed by atoms with Gasteiger partial charge in [0.1, 0.15) is 12.2 Å². The van der Waals surface area contributed by atoms with E-state index in [2.05, 4.69) is 0 Å². The largest absolute Gasteiger partial charge is 0.394 e. The van der Waals surface area contributed by atoms with Gasteiger partial charge in [-0.3, -0.25) is 0 Å². The molecule has 1 heterocycles. The molecule has 7 nitrogen and oxygen atoms in total. The molecule has 124 valence electrons. The molecule has 6 N–H and O–H groups in total. The Kier molecular flexibility index (Phi) is 3.89. The maximum Gasteiger partial charge on any atom is 0.231 e. The highest BCUT2D eigenvalue weighted by Crippen LogP contribution is 2.45. The van der Waals surface area contributed by atoms with Gasteiger partial charge in [-0.1, -0.05) is 42.5 Å². The predicted molar refractivity (Wildman–Crippen MR) is 79.0 cm³/mol. The first-order chi connectivity index (χ1) is 10.8. The summed E-state index contributed by atoms with van der Waals surface area (Å²) >= 11 is 0. The van der Waals surface area contributed by atoms with Crippen molar-refractivity contribution in [2.45, 2.75) is 29.9 Å². The molecule has 0 aliphatic carbocycles. The number of hydrogen-bond acceptors (Lipinski definition) is 7. The van der Waals surface area contributed by atoms with E-state index in [1.807, 2.05) is 0 Å². The molecule has 0 aromatic heterocycles. The maximum atomic E-state index is 10.9. The lowest BCUT2D eigenvalue weighted by Crippen LogP contribution is -2.72. The van der Waals surface area contributed by atoms with Crippen LogP contribution in [0.15, 0.2) is 42.5 Å². The smallest absolute Gasteiger partial charge is 0.231 e. The van der Waals surface area contributed by atoms with Crippen LogP contribution in [0.25, 0.3) is 10.8 Å². The Morgan fingerprint density at radius 1 is 0.957 bits per heavy atom. The van der Waals surface area contributed by atoms with Crippen LogP contribution in [-0.4, -0.2) is 61.5 Å². The number of benzene rings is 2. The van der Waals surface area contributed by atoms with Crippen molar-refractivity contribution >= 4 is 10.8 Å². The van der Waals surface area contributed by atoms with Gasteiger partial charge in [-0.25, -0.2) is 0 Å². The van der Waals surface area contributed by atoms with Gasteiger partial charge < -0.3 is 35.4 Å². The molecule has 0 radical (unpaired) electrons. The number of hydrogen-bond donors (Lipinski definition) is 6. The Hall–Kier alpha value is -1.58. The predicted octanol–water partition coefficient (Wildman–Crippen LogP) is -1.22. The van der Waals surface area contributed by atoms with E-state index in [-0.39, 0.29) is 5.56 Å². The van der Waals surface area contributed by atoms with Gasteiger partial charge in [0.15, 0.2) is 11.9 Å². The van der Waals surface area contributed by atoms with Crippen molar-refractivity contribution in [1.82, 2.24) is 0 Å². The normalized spacial score (nSPS) is 33.7. The molecule has 0 spiro atoms. The second kappa shape index (κ2) is 5.50. The van der Waals surface area contributed by atoms with E-state index in [9.17, 15) is 25.5 Å². The van der Waals surface area contributed by atoms with Gasteiger partial charge in [-0.05, 0) is 10.8 Å². The lowest BCUT2D eigenvalue weighted by Gasteiger charge is -2.51.